The first kappa shape index (κ1) is 39.3. The van der Waals surface area contributed by atoms with Gasteiger partial charge in [0.1, 0.15) is 0 Å². The van der Waals surface area contributed by atoms with Crippen LogP contribution in [-0.2, 0) is 5.41 Å². The molecule has 1 atom stereocenters. The molecule has 0 amide bonds. The maximum atomic E-state index is 5.71. The molecule has 0 saturated heterocycles. The monoisotopic (exact) mass is 909 g/mol. The number of nitrogens with zero attached hydrogens (tertiary/aromatic N) is 5. The van der Waals surface area contributed by atoms with Crippen LogP contribution >= 0.6 is 7.92 Å². The average molecular weight is 910 g/mol. The largest absolute Gasteiger partial charge is 0.309 e. The van der Waals surface area contributed by atoms with Gasteiger partial charge >= 0.3 is 0 Å². The molecule has 2 aliphatic carbocycles. The van der Waals surface area contributed by atoms with E-state index in [9.17, 15) is 0 Å². The predicted molar refractivity (Wildman–Crippen MR) is 288 cm³/mol. The summed E-state index contributed by atoms with van der Waals surface area (Å²) in [6, 6.07) is 88.3. The van der Waals surface area contributed by atoms with E-state index < -0.39 is 13.3 Å². The van der Waals surface area contributed by atoms with Gasteiger partial charge in [-0.2, -0.15) is 9.97 Å². The van der Waals surface area contributed by atoms with Gasteiger partial charge in [-0.1, -0.05) is 206 Å². The molecule has 0 saturated carbocycles. The molecule has 10 aromatic carbocycles. The number of benzene rings is 10. The lowest BCUT2D eigenvalue weighted by Crippen LogP contribution is -2.34. The molecule has 12 aromatic rings. The van der Waals surface area contributed by atoms with Crippen molar-refractivity contribution in [1.29, 1.82) is 0 Å². The van der Waals surface area contributed by atoms with Crippen LogP contribution in [0, 0.1) is 0 Å². The van der Waals surface area contributed by atoms with E-state index >= 15 is 0 Å². The number of fused-ring (bicyclic) bond motifs is 15. The lowest BCUT2D eigenvalue weighted by Gasteiger charge is -2.37. The third-order valence-corrected chi connectivity index (χ3v) is 17.3. The van der Waals surface area contributed by atoms with Crippen molar-refractivity contribution in [2.45, 2.75) is 5.41 Å². The van der Waals surface area contributed by atoms with Gasteiger partial charge in [0, 0.05) is 38.2 Å². The lowest BCUT2D eigenvalue weighted by molar-refractivity contribution is 0.794. The molecule has 2 aromatic heterocycles. The normalized spacial score (nSPS) is 14.5. The zero-order chi connectivity index (χ0) is 45.9. The molecule has 70 heavy (non-hydrogen) atoms. The fourth-order valence-electron chi connectivity index (χ4n) is 12.0. The zero-order valence-electron chi connectivity index (χ0n) is 37.8. The van der Waals surface area contributed by atoms with E-state index in [0.29, 0.717) is 17.6 Å². The Balaban J connectivity index is 1.03. The minimum atomic E-state index is -0.998. The fourth-order valence-corrected chi connectivity index (χ4v) is 14.6. The first-order valence-corrected chi connectivity index (χ1v) is 25.2. The molecular weight excluding hydrogens is 870 g/mol. The van der Waals surface area contributed by atoms with E-state index in [4.69, 9.17) is 15.0 Å². The molecule has 5 nitrogen and oxygen atoms in total. The molecule has 1 spiro atoms. The van der Waals surface area contributed by atoms with E-state index in [1.54, 1.807) is 0 Å². The second-order valence-electron chi connectivity index (χ2n) is 18.3. The Morgan fingerprint density at radius 1 is 0.371 bits per heavy atom. The molecule has 326 valence electrons. The second-order valence-corrected chi connectivity index (χ2v) is 20.5. The molecule has 6 heteroatoms. The molecular formula is C64H40N5P. The summed E-state index contributed by atoms with van der Waals surface area (Å²) < 4.78 is 2.41. The van der Waals surface area contributed by atoms with Crippen molar-refractivity contribution in [3.8, 4) is 50.7 Å². The van der Waals surface area contributed by atoms with Crippen LogP contribution in [0.3, 0.4) is 0 Å². The minimum absolute atomic E-state index is 0.505. The molecule has 0 fully saturated rings. The van der Waals surface area contributed by atoms with Crippen LogP contribution in [0.5, 0.6) is 0 Å². The van der Waals surface area contributed by atoms with Crippen LogP contribution in [-0.4, -0.2) is 19.5 Å². The quantitative estimate of drug-likeness (QED) is 0.161. The number of hydrogen-bond donors (Lipinski definition) is 0. The van der Waals surface area contributed by atoms with Crippen molar-refractivity contribution in [2.75, 3.05) is 4.90 Å². The maximum absolute atomic E-state index is 5.71. The number of aromatic nitrogens is 4. The molecule has 15 rings (SSSR count). The Morgan fingerprint density at radius 2 is 0.943 bits per heavy atom. The molecule has 3 heterocycles. The molecule has 0 N–H and O–H groups in total. The highest BCUT2D eigenvalue weighted by molar-refractivity contribution is 7.80. The van der Waals surface area contributed by atoms with Crippen molar-refractivity contribution in [2.24, 2.45) is 0 Å². The number of para-hydroxylation sites is 3. The highest BCUT2D eigenvalue weighted by Gasteiger charge is 2.52. The van der Waals surface area contributed by atoms with Crippen LogP contribution in [0.15, 0.2) is 243 Å². The van der Waals surface area contributed by atoms with Gasteiger partial charge in [-0.25, -0.2) is 4.98 Å². The molecule has 1 aliphatic heterocycles. The van der Waals surface area contributed by atoms with E-state index in [2.05, 4.69) is 246 Å². The average Bonchev–Trinajstić information content (AvgIpc) is 4.04. The van der Waals surface area contributed by atoms with Crippen molar-refractivity contribution in [1.82, 2.24) is 19.5 Å². The highest BCUT2D eigenvalue weighted by atomic mass is 31.1. The van der Waals surface area contributed by atoms with Crippen LogP contribution in [0.2, 0.25) is 0 Å². The Bertz CT molecular complexity index is 4040. The fraction of sp³-hybridized carbons (Fsp3) is 0.0156. The van der Waals surface area contributed by atoms with Crippen LogP contribution < -0.4 is 20.8 Å². The Labute approximate surface area is 406 Å². The van der Waals surface area contributed by atoms with E-state index in [0.717, 1.165) is 44.8 Å². The summed E-state index contributed by atoms with van der Waals surface area (Å²) in [5, 5.41) is 6.22. The number of hydrogen-bond acceptors (Lipinski definition) is 4. The smallest absolute Gasteiger partial charge is 0.238 e. The van der Waals surface area contributed by atoms with Gasteiger partial charge in [-0.05, 0) is 94.1 Å². The van der Waals surface area contributed by atoms with Gasteiger partial charge < -0.3 is 4.57 Å². The summed E-state index contributed by atoms with van der Waals surface area (Å²) in [5.74, 6) is 1.81. The summed E-state index contributed by atoms with van der Waals surface area (Å²) in [6.45, 7) is 0. The summed E-state index contributed by atoms with van der Waals surface area (Å²) in [4.78, 5) is 19.0. The van der Waals surface area contributed by atoms with Gasteiger partial charge in [0.05, 0.1) is 27.8 Å². The van der Waals surface area contributed by atoms with Crippen molar-refractivity contribution in [3.63, 3.8) is 0 Å². The first-order valence-electron chi connectivity index (χ1n) is 23.9. The first-order chi connectivity index (χ1) is 34.8. The third kappa shape index (κ3) is 5.44. The minimum Gasteiger partial charge on any atom is -0.309 e. The van der Waals surface area contributed by atoms with Crippen LogP contribution in [0.1, 0.15) is 22.3 Å². The summed E-state index contributed by atoms with van der Waals surface area (Å²) in [7, 11) is -0.998. The number of anilines is 3. The summed E-state index contributed by atoms with van der Waals surface area (Å²) in [6.07, 6.45) is 0. The SMILES string of the molecule is c1ccc(-c2nc(-c3cccc4c3-c3ccccc3C43c4ccccc4-c4ccccc43)nc(N3c4ccccc4P(c4ccccc4)c4cc5c6ccccc6n(-c6ccccc6)c5cc43)n2)cc1. The van der Waals surface area contributed by atoms with E-state index in [1.165, 1.54) is 65.6 Å². The van der Waals surface area contributed by atoms with E-state index in [1.807, 2.05) is 6.07 Å². The molecule has 1 unspecified atom stereocenters. The zero-order valence-corrected chi connectivity index (χ0v) is 38.7. The van der Waals surface area contributed by atoms with Crippen LogP contribution in [0.4, 0.5) is 17.3 Å². The Kier molecular flexibility index (Phi) is 8.48. The van der Waals surface area contributed by atoms with Gasteiger partial charge in [-0.3, -0.25) is 4.90 Å². The van der Waals surface area contributed by atoms with Crippen molar-refractivity contribution < 1.29 is 0 Å². The van der Waals surface area contributed by atoms with Gasteiger partial charge in [0.2, 0.25) is 5.95 Å². The standard InChI is InChI=1S/C64H40N5P/c1-4-21-41(22-5-1)61-65-62(48-31-20-35-53-60(48)47-30-12-16-34-52(47)64(53)50-32-14-10-27-44(50)45-28-11-15-33-51(45)64)67-63(66-61)69-55-37-18-19-38-58(55)70(43-25-8-3-9-26-43)59-39-49-46-29-13-17-36-54(46)68(56(49)40-57(59)69)42-23-6-2-7-24-42/h1-40H. The lowest BCUT2D eigenvalue weighted by atomic mass is 9.70. The maximum Gasteiger partial charge on any atom is 0.238 e. The topological polar surface area (TPSA) is 46.8 Å². The Morgan fingerprint density at radius 3 is 1.70 bits per heavy atom. The molecule has 0 radical (unpaired) electrons. The van der Waals surface area contributed by atoms with Crippen LogP contribution in [0.25, 0.3) is 72.5 Å². The summed E-state index contributed by atoms with van der Waals surface area (Å²) in [5.41, 5.74) is 16.9. The highest BCUT2D eigenvalue weighted by Crippen LogP contribution is 2.64. The van der Waals surface area contributed by atoms with Crippen molar-refractivity contribution >= 4 is 63.0 Å². The Hall–Kier alpha value is -8.76. The third-order valence-electron chi connectivity index (χ3n) is 14.8. The van der Waals surface area contributed by atoms with Gasteiger partial charge in [0.25, 0.3) is 0 Å². The molecule has 0 bridgehead atoms. The molecule has 3 aliphatic rings. The number of rotatable bonds is 5. The van der Waals surface area contributed by atoms with Crippen molar-refractivity contribution in [3.05, 3.63) is 265 Å². The van der Waals surface area contributed by atoms with Gasteiger partial charge in [-0.15, -0.1) is 0 Å². The summed E-state index contributed by atoms with van der Waals surface area (Å²) >= 11 is 0. The predicted octanol–water partition coefficient (Wildman–Crippen LogP) is 14.2. The second kappa shape index (κ2) is 15.1. The van der Waals surface area contributed by atoms with Gasteiger partial charge in [0.15, 0.2) is 11.6 Å². The van der Waals surface area contributed by atoms with E-state index in [-0.39, 0.29) is 0 Å².